The van der Waals surface area contributed by atoms with E-state index in [2.05, 4.69) is 27.7 Å². The standard InChI is InChI=1S/C14H24O2/c1-10(15)16-11-6-8-14(9-7-11)12(2,3)13(14,4)5/h11H,6-9H2,1-5H3. The maximum Gasteiger partial charge on any atom is 0.302 e. The van der Waals surface area contributed by atoms with Gasteiger partial charge in [-0.25, -0.2) is 0 Å². The number of hydrogen-bond donors (Lipinski definition) is 0. The summed E-state index contributed by atoms with van der Waals surface area (Å²) in [7, 11) is 0. The summed E-state index contributed by atoms with van der Waals surface area (Å²) < 4.78 is 5.31. The predicted octanol–water partition coefficient (Wildman–Crippen LogP) is 3.54. The molecule has 0 amide bonds. The molecule has 2 aliphatic rings. The molecular formula is C14H24O2. The van der Waals surface area contributed by atoms with Crippen molar-refractivity contribution in [2.45, 2.75) is 66.4 Å². The van der Waals surface area contributed by atoms with Gasteiger partial charge in [0.1, 0.15) is 6.10 Å². The Kier molecular flexibility index (Phi) is 2.42. The van der Waals surface area contributed by atoms with Crippen molar-refractivity contribution in [1.29, 1.82) is 0 Å². The van der Waals surface area contributed by atoms with Crippen molar-refractivity contribution in [2.24, 2.45) is 16.2 Å². The Bertz CT molecular complexity index is 291. The van der Waals surface area contributed by atoms with E-state index in [4.69, 9.17) is 4.74 Å². The fourth-order valence-electron chi connectivity index (χ4n) is 4.23. The van der Waals surface area contributed by atoms with E-state index in [0.717, 1.165) is 12.8 Å². The van der Waals surface area contributed by atoms with Crippen molar-refractivity contribution in [1.82, 2.24) is 0 Å². The van der Waals surface area contributed by atoms with E-state index in [-0.39, 0.29) is 12.1 Å². The molecule has 2 aliphatic carbocycles. The molecule has 0 radical (unpaired) electrons. The highest BCUT2D eigenvalue weighted by Crippen LogP contribution is 2.82. The van der Waals surface area contributed by atoms with Crippen LogP contribution in [0.1, 0.15) is 60.3 Å². The van der Waals surface area contributed by atoms with E-state index in [1.54, 1.807) is 0 Å². The molecule has 92 valence electrons. The molecule has 0 atom stereocenters. The maximum absolute atomic E-state index is 10.9. The Hall–Kier alpha value is -0.530. The topological polar surface area (TPSA) is 26.3 Å². The van der Waals surface area contributed by atoms with Gasteiger partial charge < -0.3 is 4.74 Å². The van der Waals surface area contributed by atoms with Crippen LogP contribution in [0, 0.1) is 16.2 Å². The van der Waals surface area contributed by atoms with Crippen LogP contribution in [0.25, 0.3) is 0 Å². The van der Waals surface area contributed by atoms with Crippen molar-refractivity contribution in [3.63, 3.8) is 0 Å². The van der Waals surface area contributed by atoms with E-state index in [9.17, 15) is 4.79 Å². The minimum absolute atomic E-state index is 0.129. The average molecular weight is 224 g/mol. The Morgan fingerprint density at radius 1 is 1.06 bits per heavy atom. The summed E-state index contributed by atoms with van der Waals surface area (Å²) >= 11 is 0. The SMILES string of the molecule is CC(=O)OC1CCC2(CC1)C(C)(C)C2(C)C. The van der Waals surface area contributed by atoms with E-state index in [1.165, 1.54) is 19.8 Å². The predicted molar refractivity (Wildman–Crippen MR) is 64.0 cm³/mol. The van der Waals surface area contributed by atoms with E-state index < -0.39 is 0 Å². The number of rotatable bonds is 1. The quantitative estimate of drug-likeness (QED) is 0.637. The largest absolute Gasteiger partial charge is 0.463 e. The molecule has 2 nitrogen and oxygen atoms in total. The van der Waals surface area contributed by atoms with Crippen LogP contribution < -0.4 is 0 Å². The van der Waals surface area contributed by atoms with Gasteiger partial charge in [-0.3, -0.25) is 4.79 Å². The number of carbonyl (C=O) groups excluding carboxylic acids is 1. The van der Waals surface area contributed by atoms with Crippen LogP contribution in [0.15, 0.2) is 0 Å². The maximum atomic E-state index is 10.9. The van der Waals surface area contributed by atoms with Gasteiger partial charge in [0.05, 0.1) is 0 Å². The van der Waals surface area contributed by atoms with Crippen LogP contribution in [-0.4, -0.2) is 12.1 Å². The summed E-state index contributed by atoms with van der Waals surface area (Å²) in [6.07, 6.45) is 4.70. The van der Waals surface area contributed by atoms with E-state index in [1.807, 2.05) is 0 Å². The molecule has 0 saturated heterocycles. The highest BCUT2D eigenvalue weighted by atomic mass is 16.5. The van der Waals surface area contributed by atoms with Gasteiger partial charge in [0.15, 0.2) is 0 Å². The fraction of sp³-hybridized carbons (Fsp3) is 0.929. The van der Waals surface area contributed by atoms with Crippen LogP contribution in [0.2, 0.25) is 0 Å². The third-order valence-corrected chi connectivity index (χ3v) is 6.01. The third kappa shape index (κ3) is 1.28. The summed E-state index contributed by atoms with van der Waals surface area (Å²) in [6, 6.07) is 0. The van der Waals surface area contributed by atoms with Crippen LogP contribution in [0.4, 0.5) is 0 Å². The fourth-order valence-corrected chi connectivity index (χ4v) is 4.23. The highest BCUT2D eigenvalue weighted by molar-refractivity contribution is 5.66. The first-order chi connectivity index (χ1) is 7.24. The molecule has 2 heteroatoms. The molecular weight excluding hydrogens is 200 g/mol. The molecule has 0 aromatic carbocycles. The van der Waals surface area contributed by atoms with Gasteiger partial charge >= 0.3 is 5.97 Å². The second kappa shape index (κ2) is 3.24. The lowest BCUT2D eigenvalue weighted by Gasteiger charge is -2.31. The molecule has 0 aromatic heterocycles. The second-order valence-corrected chi connectivity index (χ2v) is 6.64. The Morgan fingerprint density at radius 2 is 1.50 bits per heavy atom. The molecule has 0 aliphatic heterocycles. The number of carbonyl (C=O) groups is 1. The zero-order valence-electron chi connectivity index (χ0n) is 11.2. The lowest BCUT2D eigenvalue weighted by molar-refractivity contribution is -0.148. The van der Waals surface area contributed by atoms with E-state index in [0.29, 0.717) is 16.2 Å². The van der Waals surface area contributed by atoms with Crippen molar-refractivity contribution < 1.29 is 9.53 Å². The van der Waals surface area contributed by atoms with Gasteiger partial charge in [0.2, 0.25) is 0 Å². The molecule has 0 unspecified atom stereocenters. The minimum atomic E-state index is -0.129. The molecule has 0 heterocycles. The zero-order valence-corrected chi connectivity index (χ0v) is 11.2. The Balaban J connectivity index is 1.99. The Labute approximate surface area is 98.7 Å². The van der Waals surface area contributed by atoms with Crippen molar-refractivity contribution in [3.05, 3.63) is 0 Å². The zero-order chi connectivity index (χ0) is 12.2. The van der Waals surface area contributed by atoms with Crippen molar-refractivity contribution in [3.8, 4) is 0 Å². The van der Waals surface area contributed by atoms with Crippen molar-refractivity contribution >= 4 is 5.97 Å². The van der Waals surface area contributed by atoms with Crippen LogP contribution in [0.3, 0.4) is 0 Å². The van der Waals surface area contributed by atoms with Crippen molar-refractivity contribution in [2.75, 3.05) is 0 Å². The number of esters is 1. The normalized spacial score (nSPS) is 30.1. The number of ether oxygens (including phenoxy) is 1. The molecule has 0 N–H and O–H groups in total. The van der Waals surface area contributed by atoms with Crippen LogP contribution in [-0.2, 0) is 9.53 Å². The molecule has 2 fully saturated rings. The lowest BCUT2D eigenvalue weighted by Crippen LogP contribution is -2.27. The van der Waals surface area contributed by atoms with Gasteiger partial charge in [-0.2, -0.15) is 0 Å². The summed E-state index contributed by atoms with van der Waals surface area (Å²) in [5, 5.41) is 0. The monoisotopic (exact) mass is 224 g/mol. The molecule has 2 rings (SSSR count). The third-order valence-electron chi connectivity index (χ3n) is 6.01. The van der Waals surface area contributed by atoms with Gasteiger partial charge in [0, 0.05) is 6.92 Å². The minimum Gasteiger partial charge on any atom is -0.463 e. The summed E-state index contributed by atoms with van der Waals surface area (Å²) in [5.41, 5.74) is 1.39. The van der Waals surface area contributed by atoms with Gasteiger partial charge in [-0.15, -0.1) is 0 Å². The van der Waals surface area contributed by atoms with Gasteiger partial charge in [-0.1, -0.05) is 27.7 Å². The molecule has 0 bridgehead atoms. The summed E-state index contributed by atoms with van der Waals surface area (Å²) in [4.78, 5) is 10.9. The lowest BCUT2D eigenvalue weighted by atomic mass is 9.78. The first-order valence-electron chi connectivity index (χ1n) is 6.42. The van der Waals surface area contributed by atoms with Gasteiger partial charge in [0.25, 0.3) is 0 Å². The summed E-state index contributed by atoms with van der Waals surface area (Å²) in [5.74, 6) is -0.129. The van der Waals surface area contributed by atoms with E-state index >= 15 is 0 Å². The Morgan fingerprint density at radius 3 is 1.81 bits per heavy atom. The first kappa shape index (κ1) is 11.9. The van der Waals surface area contributed by atoms with Crippen LogP contribution in [0.5, 0.6) is 0 Å². The van der Waals surface area contributed by atoms with Gasteiger partial charge in [-0.05, 0) is 41.9 Å². The second-order valence-electron chi connectivity index (χ2n) is 6.64. The molecule has 1 spiro atoms. The first-order valence-corrected chi connectivity index (χ1v) is 6.42. The smallest absolute Gasteiger partial charge is 0.302 e. The number of hydrogen-bond acceptors (Lipinski definition) is 2. The molecule has 2 saturated carbocycles. The average Bonchev–Trinajstić information content (AvgIpc) is 2.47. The summed E-state index contributed by atoms with van der Waals surface area (Å²) in [6.45, 7) is 11.1. The molecule has 16 heavy (non-hydrogen) atoms. The van der Waals surface area contributed by atoms with Crippen LogP contribution >= 0.6 is 0 Å². The highest BCUT2D eigenvalue weighted by Gasteiger charge is 2.76. The molecule has 0 aromatic rings.